The highest BCUT2D eigenvalue weighted by molar-refractivity contribution is 5.70. The summed E-state index contributed by atoms with van der Waals surface area (Å²) in [7, 11) is 0. The third kappa shape index (κ3) is 7.36. The summed E-state index contributed by atoms with van der Waals surface area (Å²) in [6.07, 6.45) is 7.82. The van der Waals surface area contributed by atoms with Gasteiger partial charge in [-0.05, 0) is 55.7 Å². The minimum absolute atomic E-state index is 0.263. The fraction of sp³-hybridized carbons (Fsp3) is 0.682. The Morgan fingerprint density at radius 1 is 1.15 bits per heavy atom. The molecule has 4 heteroatoms. The number of ether oxygens (including phenoxy) is 3. The van der Waals surface area contributed by atoms with Gasteiger partial charge in [-0.1, -0.05) is 46.1 Å². The molecular weight excluding hydrogens is 328 g/mol. The van der Waals surface area contributed by atoms with Crippen LogP contribution in [0.2, 0.25) is 0 Å². The van der Waals surface area contributed by atoms with Crippen LogP contribution in [-0.2, 0) is 16.0 Å². The molecule has 0 amide bonds. The fourth-order valence-corrected chi connectivity index (χ4v) is 3.24. The van der Waals surface area contributed by atoms with Crippen molar-refractivity contribution in [1.82, 2.24) is 0 Å². The van der Waals surface area contributed by atoms with Crippen LogP contribution < -0.4 is 9.47 Å². The van der Waals surface area contributed by atoms with Crippen molar-refractivity contribution in [2.45, 2.75) is 92.0 Å². The minimum Gasteiger partial charge on any atom is -0.461 e. The zero-order valence-electron chi connectivity index (χ0n) is 17.0. The number of benzene rings is 1. The molecule has 0 spiro atoms. The first-order valence-electron chi connectivity index (χ1n) is 9.86. The first-order valence-corrected chi connectivity index (χ1v) is 9.86. The summed E-state index contributed by atoms with van der Waals surface area (Å²) in [6.45, 7) is 9.98. The van der Waals surface area contributed by atoms with Gasteiger partial charge in [0.2, 0.25) is 0 Å². The minimum atomic E-state index is -0.368. The van der Waals surface area contributed by atoms with Crippen molar-refractivity contribution in [3.63, 3.8) is 0 Å². The molecule has 0 heterocycles. The standard InChI is InChI=1S/C22H34O4/c1-16(23)24-21-15-18(13-14-22(3,4)5)11-12-20(21)26-17(2)25-19-9-7-6-8-10-19/h11-12,15,17,19H,6-10,13-14H2,1-5H3. The molecule has 1 aromatic rings. The van der Waals surface area contributed by atoms with Crippen LogP contribution in [0, 0.1) is 5.41 Å². The topological polar surface area (TPSA) is 44.8 Å². The van der Waals surface area contributed by atoms with Crippen molar-refractivity contribution in [3.8, 4) is 11.5 Å². The van der Waals surface area contributed by atoms with Gasteiger partial charge in [-0.25, -0.2) is 0 Å². The first-order chi connectivity index (χ1) is 12.2. The van der Waals surface area contributed by atoms with Crippen molar-refractivity contribution < 1.29 is 19.0 Å². The lowest BCUT2D eigenvalue weighted by Crippen LogP contribution is -2.26. The maximum Gasteiger partial charge on any atom is 0.308 e. The first kappa shape index (κ1) is 20.8. The van der Waals surface area contributed by atoms with Gasteiger partial charge in [0, 0.05) is 6.92 Å². The molecule has 0 saturated heterocycles. The number of esters is 1. The van der Waals surface area contributed by atoms with E-state index in [0.717, 1.165) is 31.2 Å². The second-order valence-electron chi connectivity index (χ2n) is 8.52. The van der Waals surface area contributed by atoms with Crippen LogP contribution in [0.1, 0.15) is 78.7 Å². The van der Waals surface area contributed by atoms with Gasteiger partial charge in [0.05, 0.1) is 6.10 Å². The van der Waals surface area contributed by atoms with Gasteiger partial charge in [0.25, 0.3) is 0 Å². The van der Waals surface area contributed by atoms with Gasteiger partial charge < -0.3 is 14.2 Å². The van der Waals surface area contributed by atoms with Crippen LogP contribution in [0.3, 0.4) is 0 Å². The predicted molar refractivity (Wildman–Crippen MR) is 104 cm³/mol. The third-order valence-corrected chi connectivity index (χ3v) is 4.65. The molecule has 26 heavy (non-hydrogen) atoms. The van der Waals surface area contributed by atoms with Gasteiger partial charge in [-0.3, -0.25) is 4.79 Å². The Bertz CT molecular complexity index is 582. The molecule has 1 aromatic carbocycles. The molecule has 0 aliphatic heterocycles. The molecule has 0 N–H and O–H groups in total. The normalized spacial score (nSPS) is 17.0. The molecule has 1 fully saturated rings. The summed E-state index contributed by atoms with van der Waals surface area (Å²) in [5.41, 5.74) is 1.41. The Hall–Kier alpha value is -1.55. The summed E-state index contributed by atoms with van der Waals surface area (Å²) in [5.74, 6) is 0.690. The lowest BCUT2D eigenvalue weighted by Gasteiger charge is -2.26. The van der Waals surface area contributed by atoms with Crippen molar-refractivity contribution in [2.24, 2.45) is 5.41 Å². The molecule has 4 nitrogen and oxygen atoms in total. The van der Waals surface area contributed by atoms with Gasteiger partial charge in [0.1, 0.15) is 0 Å². The van der Waals surface area contributed by atoms with E-state index in [1.807, 2.05) is 25.1 Å². The zero-order valence-corrected chi connectivity index (χ0v) is 17.0. The van der Waals surface area contributed by atoms with Gasteiger partial charge >= 0.3 is 5.97 Å². The number of carbonyl (C=O) groups excluding carboxylic acids is 1. The molecule has 0 aromatic heterocycles. The molecule has 0 bridgehead atoms. The number of carbonyl (C=O) groups is 1. The van der Waals surface area contributed by atoms with E-state index in [9.17, 15) is 4.79 Å². The van der Waals surface area contributed by atoms with E-state index in [1.165, 1.54) is 26.2 Å². The van der Waals surface area contributed by atoms with Gasteiger partial charge in [0.15, 0.2) is 17.8 Å². The summed E-state index contributed by atoms with van der Waals surface area (Å²) < 4.78 is 17.4. The van der Waals surface area contributed by atoms with Gasteiger partial charge in [-0.2, -0.15) is 0 Å². The second-order valence-corrected chi connectivity index (χ2v) is 8.52. The summed E-state index contributed by atoms with van der Waals surface area (Å²) in [6, 6.07) is 5.84. The average Bonchev–Trinajstić information content (AvgIpc) is 2.54. The number of hydrogen-bond donors (Lipinski definition) is 0. The van der Waals surface area contributed by atoms with E-state index in [4.69, 9.17) is 14.2 Å². The van der Waals surface area contributed by atoms with Crippen LogP contribution in [0.25, 0.3) is 0 Å². The second kappa shape index (κ2) is 9.40. The maximum absolute atomic E-state index is 11.5. The van der Waals surface area contributed by atoms with E-state index < -0.39 is 0 Å². The highest BCUT2D eigenvalue weighted by Crippen LogP contribution is 2.32. The molecule has 2 rings (SSSR count). The number of hydrogen-bond acceptors (Lipinski definition) is 4. The van der Waals surface area contributed by atoms with Crippen molar-refractivity contribution in [1.29, 1.82) is 0 Å². The Kier molecular flexibility index (Phi) is 7.51. The quantitative estimate of drug-likeness (QED) is 0.356. The van der Waals surface area contributed by atoms with Crippen LogP contribution >= 0.6 is 0 Å². The summed E-state index contributed by atoms with van der Waals surface area (Å²) >= 11 is 0. The third-order valence-electron chi connectivity index (χ3n) is 4.65. The fourth-order valence-electron chi connectivity index (χ4n) is 3.24. The molecule has 1 aliphatic carbocycles. The highest BCUT2D eigenvalue weighted by Gasteiger charge is 2.19. The molecule has 0 radical (unpaired) electrons. The molecule has 1 unspecified atom stereocenters. The maximum atomic E-state index is 11.5. The lowest BCUT2D eigenvalue weighted by molar-refractivity contribution is -0.133. The molecule has 1 atom stereocenters. The molecular formula is C22H34O4. The van der Waals surface area contributed by atoms with Crippen LogP contribution in [0.5, 0.6) is 11.5 Å². The average molecular weight is 363 g/mol. The van der Waals surface area contributed by atoms with Crippen LogP contribution in [0.15, 0.2) is 18.2 Å². The Labute approximate surface area is 158 Å². The van der Waals surface area contributed by atoms with E-state index >= 15 is 0 Å². The Morgan fingerprint density at radius 2 is 1.85 bits per heavy atom. The Balaban J connectivity index is 2.03. The smallest absolute Gasteiger partial charge is 0.308 e. The predicted octanol–water partition coefficient (Wildman–Crippen LogP) is 5.66. The molecule has 146 valence electrons. The van der Waals surface area contributed by atoms with Gasteiger partial charge in [-0.15, -0.1) is 0 Å². The van der Waals surface area contributed by atoms with Crippen molar-refractivity contribution in [3.05, 3.63) is 23.8 Å². The molecule has 1 aliphatic rings. The van der Waals surface area contributed by atoms with E-state index in [-0.39, 0.29) is 23.8 Å². The van der Waals surface area contributed by atoms with Crippen LogP contribution in [-0.4, -0.2) is 18.4 Å². The van der Waals surface area contributed by atoms with E-state index in [1.54, 1.807) is 0 Å². The van der Waals surface area contributed by atoms with Crippen molar-refractivity contribution in [2.75, 3.05) is 0 Å². The van der Waals surface area contributed by atoms with Crippen LogP contribution in [0.4, 0.5) is 0 Å². The lowest BCUT2D eigenvalue weighted by atomic mass is 9.88. The largest absolute Gasteiger partial charge is 0.461 e. The summed E-state index contributed by atoms with van der Waals surface area (Å²) in [5, 5.41) is 0. The molecule has 1 saturated carbocycles. The monoisotopic (exact) mass is 362 g/mol. The van der Waals surface area contributed by atoms with E-state index in [2.05, 4.69) is 20.8 Å². The highest BCUT2D eigenvalue weighted by atomic mass is 16.7. The SMILES string of the molecule is CC(=O)Oc1cc(CCC(C)(C)C)ccc1OC(C)OC1CCCCC1. The zero-order chi connectivity index (χ0) is 19.2. The van der Waals surface area contributed by atoms with E-state index in [0.29, 0.717) is 11.5 Å². The Morgan fingerprint density at radius 3 is 2.46 bits per heavy atom. The summed E-state index contributed by atoms with van der Waals surface area (Å²) in [4.78, 5) is 11.5. The number of rotatable bonds is 7. The van der Waals surface area contributed by atoms with Crippen molar-refractivity contribution >= 4 is 5.97 Å². The number of aryl methyl sites for hydroxylation is 1.